The Morgan fingerprint density at radius 2 is 0.581 bits per heavy atom. The van der Waals surface area contributed by atoms with Crippen molar-refractivity contribution in [1.29, 1.82) is 0 Å². The second-order valence-corrected chi connectivity index (χ2v) is 9.83. The molecule has 0 saturated heterocycles. The van der Waals surface area contributed by atoms with Crippen LogP contribution in [0.4, 0.5) is 0 Å². The molecule has 31 heavy (non-hydrogen) atoms. The summed E-state index contributed by atoms with van der Waals surface area (Å²) in [7, 11) is 0. The summed E-state index contributed by atoms with van der Waals surface area (Å²) in [4.78, 5) is 23.8. The Labute approximate surface area is 195 Å². The van der Waals surface area contributed by atoms with E-state index in [1.807, 2.05) is 0 Å². The molecule has 184 valence electrons. The summed E-state index contributed by atoms with van der Waals surface area (Å²) in [6, 6.07) is 0. The first-order valence-corrected chi connectivity index (χ1v) is 14.2. The molecule has 0 heterocycles. The van der Waals surface area contributed by atoms with Gasteiger partial charge >= 0.3 is 0 Å². The Morgan fingerprint density at radius 1 is 0.355 bits per heavy atom. The molecular formula is C29H56O2. The Balaban J connectivity index is 3.23. The SMILES string of the molecule is CCCCCCCCCCCCCCCCCCCC(=O)CC(=O)CCCCCCC. The van der Waals surface area contributed by atoms with Gasteiger partial charge in [0.25, 0.3) is 0 Å². The Kier molecular flexibility index (Phi) is 25.1. The quantitative estimate of drug-likeness (QED) is 0.0998. The molecule has 2 nitrogen and oxygen atoms in total. The highest BCUT2D eigenvalue weighted by Gasteiger charge is 2.09. The third-order valence-corrected chi connectivity index (χ3v) is 6.51. The van der Waals surface area contributed by atoms with Crippen LogP contribution in [-0.2, 0) is 9.59 Å². The van der Waals surface area contributed by atoms with Crippen LogP contribution in [-0.4, -0.2) is 11.6 Å². The number of ketones is 2. The van der Waals surface area contributed by atoms with Crippen molar-refractivity contribution in [2.75, 3.05) is 0 Å². The van der Waals surface area contributed by atoms with E-state index in [9.17, 15) is 9.59 Å². The molecule has 0 fully saturated rings. The van der Waals surface area contributed by atoms with Crippen molar-refractivity contribution >= 4 is 11.6 Å². The van der Waals surface area contributed by atoms with Crippen LogP contribution in [0.3, 0.4) is 0 Å². The maximum absolute atomic E-state index is 11.9. The molecule has 0 aliphatic rings. The van der Waals surface area contributed by atoms with Crippen LogP contribution in [0.25, 0.3) is 0 Å². The maximum Gasteiger partial charge on any atom is 0.140 e. The monoisotopic (exact) mass is 436 g/mol. The highest BCUT2D eigenvalue weighted by Crippen LogP contribution is 2.15. The van der Waals surface area contributed by atoms with Crippen LogP contribution in [0.5, 0.6) is 0 Å². The third-order valence-electron chi connectivity index (χ3n) is 6.51. The number of hydrogen-bond acceptors (Lipinski definition) is 2. The first-order valence-electron chi connectivity index (χ1n) is 14.2. The van der Waals surface area contributed by atoms with Crippen LogP contribution in [0, 0.1) is 0 Å². The fraction of sp³-hybridized carbons (Fsp3) is 0.931. The van der Waals surface area contributed by atoms with E-state index >= 15 is 0 Å². The lowest BCUT2D eigenvalue weighted by molar-refractivity contribution is -0.127. The molecule has 0 atom stereocenters. The molecule has 0 N–H and O–H groups in total. The van der Waals surface area contributed by atoms with Crippen molar-refractivity contribution in [2.45, 2.75) is 174 Å². The van der Waals surface area contributed by atoms with Crippen molar-refractivity contribution in [2.24, 2.45) is 0 Å². The Hall–Kier alpha value is -0.660. The van der Waals surface area contributed by atoms with E-state index < -0.39 is 0 Å². The van der Waals surface area contributed by atoms with E-state index in [1.165, 1.54) is 116 Å². The number of carbonyl (C=O) groups excluding carboxylic acids is 2. The van der Waals surface area contributed by atoms with Crippen molar-refractivity contribution in [3.8, 4) is 0 Å². The van der Waals surface area contributed by atoms with Crippen LogP contribution in [0.15, 0.2) is 0 Å². The fourth-order valence-corrected chi connectivity index (χ4v) is 4.37. The summed E-state index contributed by atoms with van der Waals surface area (Å²) in [6.45, 7) is 4.48. The van der Waals surface area contributed by atoms with Crippen molar-refractivity contribution in [1.82, 2.24) is 0 Å². The van der Waals surface area contributed by atoms with E-state index in [-0.39, 0.29) is 18.0 Å². The normalized spacial score (nSPS) is 11.2. The van der Waals surface area contributed by atoms with Crippen molar-refractivity contribution in [3.05, 3.63) is 0 Å². The summed E-state index contributed by atoms with van der Waals surface area (Å²) < 4.78 is 0. The number of carbonyl (C=O) groups is 2. The first kappa shape index (κ1) is 30.3. The zero-order valence-corrected chi connectivity index (χ0v) is 21.5. The predicted octanol–water partition coefficient (Wildman–Crippen LogP) is 9.92. The van der Waals surface area contributed by atoms with Gasteiger partial charge in [-0.25, -0.2) is 0 Å². The van der Waals surface area contributed by atoms with Gasteiger partial charge in [-0.3, -0.25) is 9.59 Å². The fourth-order valence-electron chi connectivity index (χ4n) is 4.37. The van der Waals surface area contributed by atoms with E-state index in [0.29, 0.717) is 12.8 Å². The molecule has 0 rings (SSSR count). The summed E-state index contributed by atoms with van der Waals surface area (Å²) >= 11 is 0. The molecular weight excluding hydrogens is 380 g/mol. The molecule has 2 heteroatoms. The van der Waals surface area contributed by atoms with E-state index in [0.717, 1.165) is 25.7 Å². The predicted molar refractivity (Wildman–Crippen MR) is 137 cm³/mol. The lowest BCUT2D eigenvalue weighted by Gasteiger charge is -2.04. The molecule has 0 aliphatic heterocycles. The highest BCUT2D eigenvalue weighted by atomic mass is 16.1. The van der Waals surface area contributed by atoms with Gasteiger partial charge in [-0.05, 0) is 12.8 Å². The van der Waals surface area contributed by atoms with Gasteiger partial charge in [0.2, 0.25) is 0 Å². The van der Waals surface area contributed by atoms with Gasteiger partial charge in [-0.2, -0.15) is 0 Å². The van der Waals surface area contributed by atoms with Gasteiger partial charge in [-0.1, -0.05) is 142 Å². The van der Waals surface area contributed by atoms with Crippen LogP contribution >= 0.6 is 0 Å². The lowest BCUT2D eigenvalue weighted by Crippen LogP contribution is -2.07. The van der Waals surface area contributed by atoms with Gasteiger partial charge in [0.05, 0.1) is 6.42 Å². The number of Topliss-reactive ketones (excluding diaryl/α,β-unsaturated/α-hetero) is 2. The average Bonchev–Trinajstić information content (AvgIpc) is 2.75. The van der Waals surface area contributed by atoms with E-state index in [4.69, 9.17) is 0 Å². The van der Waals surface area contributed by atoms with E-state index in [2.05, 4.69) is 13.8 Å². The molecule has 0 bridgehead atoms. The van der Waals surface area contributed by atoms with Crippen molar-refractivity contribution < 1.29 is 9.59 Å². The Morgan fingerprint density at radius 3 is 0.839 bits per heavy atom. The van der Waals surface area contributed by atoms with Crippen LogP contribution in [0.1, 0.15) is 174 Å². The standard InChI is InChI=1S/C29H56O2/c1-3-5-7-9-10-11-12-13-14-15-16-17-18-19-20-22-24-26-29(31)27-28(30)25-23-21-8-6-4-2/h3-27H2,1-2H3. The number of hydrogen-bond donors (Lipinski definition) is 0. The number of unbranched alkanes of at least 4 members (excludes halogenated alkanes) is 20. The smallest absolute Gasteiger partial charge is 0.140 e. The van der Waals surface area contributed by atoms with Crippen LogP contribution in [0.2, 0.25) is 0 Å². The molecule has 0 aromatic heterocycles. The van der Waals surface area contributed by atoms with Gasteiger partial charge in [0, 0.05) is 12.8 Å². The molecule has 0 radical (unpaired) electrons. The van der Waals surface area contributed by atoms with Gasteiger partial charge < -0.3 is 0 Å². The summed E-state index contributed by atoms with van der Waals surface area (Å²) in [5, 5.41) is 0. The lowest BCUT2D eigenvalue weighted by atomic mass is 10.0. The summed E-state index contributed by atoms with van der Waals surface area (Å²) in [5.41, 5.74) is 0. The van der Waals surface area contributed by atoms with Crippen molar-refractivity contribution in [3.63, 3.8) is 0 Å². The minimum Gasteiger partial charge on any atom is -0.299 e. The molecule has 0 aliphatic carbocycles. The molecule has 0 aromatic rings. The molecule has 0 amide bonds. The molecule has 0 aromatic carbocycles. The van der Waals surface area contributed by atoms with Crippen LogP contribution < -0.4 is 0 Å². The average molecular weight is 437 g/mol. The minimum atomic E-state index is 0.161. The summed E-state index contributed by atoms with van der Waals surface area (Å²) in [6.07, 6.45) is 30.2. The second kappa shape index (κ2) is 25.6. The van der Waals surface area contributed by atoms with Gasteiger partial charge in [0.15, 0.2) is 0 Å². The minimum absolute atomic E-state index is 0.161. The first-order chi connectivity index (χ1) is 15.2. The van der Waals surface area contributed by atoms with Gasteiger partial charge in [0.1, 0.15) is 11.6 Å². The highest BCUT2D eigenvalue weighted by molar-refractivity contribution is 5.98. The molecule has 0 spiro atoms. The maximum atomic E-state index is 11.9. The topological polar surface area (TPSA) is 34.1 Å². The largest absolute Gasteiger partial charge is 0.299 e. The third kappa shape index (κ3) is 25.5. The molecule has 0 saturated carbocycles. The zero-order chi connectivity index (χ0) is 22.8. The zero-order valence-electron chi connectivity index (χ0n) is 21.5. The summed E-state index contributed by atoms with van der Waals surface area (Å²) in [5.74, 6) is 0.327. The Bertz CT molecular complexity index is 388. The number of rotatable bonds is 26. The van der Waals surface area contributed by atoms with Gasteiger partial charge in [-0.15, -0.1) is 0 Å². The molecule has 0 unspecified atom stereocenters. The van der Waals surface area contributed by atoms with E-state index in [1.54, 1.807) is 0 Å². The second-order valence-electron chi connectivity index (χ2n) is 9.83.